The molecule has 1 atom stereocenters. The van der Waals surface area contributed by atoms with E-state index in [-0.39, 0.29) is 0 Å². The Morgan fingerprint density at radius 1 is 1.64 bits per heavy atom. The molecular formula is C10H16N2O2. The molecule has 4 nitrogen and oxygen atoms in total. The lowest BCUT2D eigenvalue weighted by Gasteiger charge is -2.15. The Labute approximate surface area is 83.6 Å². The first-order valence-corrected chi connectivity index (χ1v) is 4.73. The van der Waals surface area contributed by atoms with E-state index in [1.54, 1.807) is 17.1 Å². The lowest BCUT2D eigenvalue weighted by Crippen LogP contribution is -2.19. The highest BCUT2D eigenvalue weighted by atomic mass is 16.4. The Hall–Kier alpha value is -1.32. The van der Waals surface area contributed by atoms with Crippen LogP contribution in [-0.4, -0.2) is 20.6 Å². The fourth-order valence-corrected chi connectivity index (χ4v) is 1.41. The maximum Gasteiger partial charge on any atom is 0.326 e. The lowest BCUT2D eigenvalue weighted by molar-refractivity contribution is -0.141. The summed E-state index contributed by atoms with van der Waals surface area (Å²) in [6, 6.07) is -0.490. The number of carboxylic acids is 1. The summed E-state index contributed by atoms with van der Waals surface area (Å²) in [6.07, 6.45) is 3.98. The van der Waals surface area contributed by atoms with Gasteiger partial charge in [-0.1, -0.05) is 13.8 Å². The molecule has 0 aromatic carbocycles. The molecule has 1 N–H and O–H groups in total. The summed E-state index contributed by atoms with van der Waals surface area (Å²) in [6.45, 7) is 5.88. The van der Waals surface area contributed by atoms with Gasteiger partial charge in [-0.05, 0) is 19.3 Å². The molecule has 0 amide bonds. The first kappa shape index (κ1) is 10.8. The topological polar surface area (TPSA) is 55.1 Å². The van der Waals surface area contributed by atoms with Gasteiger partial charge in [0.25, 0.3) is 0 Å². The van der Waals surface area contributed by atoms with Crippen LogP contribution in [0.5, 0.6) is 0 Å². The van der Waals surface area contributed by atoms with E-state index in [0.717, 1.165) is 5.69 Å². The quantitative estimate of drug-likeness (QED) is 0.799. The highest BCUT2D eigenvalue weighted by Gasteiger charge is 2.20. The Morgan fingerprint density at radius 2 is 2.29 bits per heavy atom. The molecule has 78 valence electrons. The first-order valence-electron chi connectivity index (χ1n) is 4.73. The van der Waals surface area contributed by atoms with Gasteiger partial charge in [-0.15, -0.1) is 0 Å². The van der Waals surface area contributed by atoms with Crippen LogP contribution < -0.4 is 0 Å². The van der Waals surface area contributed by atoms with Crippen molar-refractivity contribution in [2.75, 3.05) is 0 Å². The summed E-state index contributed by atoms with van der Waals surface area (Å²) in [5, 5.41) is 9.04. The summed E-state index contributed by atoms with van der Waals surface area (Å²) >= 11 is 0. The third-order valence-corrected chi connectivity index (χ3v) is 2.07. The zero-order chi connectivity index (χ0) is 10.7. The van der Waals surface area contributed by atoms with Crippen molar-refractivity contribution in [2.24, 2.45) is 5.92 Å². The molecule has 0 saturated heterocycles. The largest absolute Gasteiger partial charge is 0.480 e. The second-order valence-corrected chi connectivity index (χ2v) is 3.95. The van der Waals surface area contributed by atoms with Crippen LogP contribution >= 0.6 is 0 Å². The SMILES string of the molecule is Cc1cn([C@H](CC(C)C)C(=O)O)cn1. The van der Waals surface area contributed by atoms with Gasteiger partial charge in [-0.3, -0.25) is 0 Å². The van der Waals surface area contributed by atoms with Gasteiger partial charge in [0, 0.05) is 6.20 Å². The zero-order valence-electron chi connectivity index (χ0n) is 8.77. The molecule has 1 rings (SSSR count). The summed E-state index contributed by atoms with van der Waals surface area (Å²) in [7, 11) is 0. The van der Waals surface area contributed by atoms with Crippen LogP contribution in [0.3, 0.4) is 0 Å². The van der Waals surface area contributed by atoms with Gasteiger partial charge in [-0.2, -0.15) is 0 Å². The van der Waals surface area contributed by atoms with Crippen molar-refractivity contribution in [1.29, 1.82) is 0 Å². The van der Waals surface area contributed by atoms with E-state index in [2.05, 4.69) is 4.98 Å². The van der Waals surface area contributed by atoms with Crippen molar-refractivity contribution in [2.45, 2.75) is 33.2 Å². The van der Waals surface area contributed by atoms with E-state index in [1.165, 1.54) is 0 Å². The molecule has 0 unspecified atom stereocenters. The van der Waals surface area contributed by atoms with Crippen LogP contribution in [0, 0.1) is 12.8 Å². The van der Waals surface area contributed by atoms with Gasteiger partial charge >= 0.3 is 5.97 Å². The Kier molecular flexibility index (Phi) is 3.28. The molecule has 1 aromatic rings. The molecule has 0 aliphatic carbocycles. The first-order chi connectivity index (χ1) is 6.50. The second kappa shape index (κ2) is 4.26. The number of nitrogens with zero attached hydrogens (tertiary/aromatic N) is 2. The molecule has 0 radical (unpaired) electrons. The number of imidazole rings is 1. The Balaban J connectivity index is 2.83. The van der Waals surface area contributed by atoms with Crippen LogP contribution in [-0.2, 0) is 4.79 Å². The monoisotopic (exact) mass is 196 g/mol. The van der Waals surface area contributed by atoms with Gasteiger partial charge in [0.15, 0.2) is 0 Å². The Bertz CT molecular complexity index is 318. The Morgan fingerprint density at radius 3 is 2.64 bits per heavy atom. The fourth-order valence-electron chi connectivity index (χ4n) is 1.41. The number of aryl methyl sites for hydroxylation is 1. The van der Waals surface area contributed by atoms with Crippen molar-refractivity contribution in [3.05, 3.63) is 18.2 Å². The van der Waals surface area contributed by atoms with Crippen molar-refractivity contribution in [3.63, 3.8) is 0 Å². The predicted octanol–water partition coefficient (Wildman–Crippen LogP) is 1.86. The minimum absolute atomic E-state index is 0.360. The second-order valence-electron chi connectivity index (χ2n) is 3.95. The zero-order valence-corrected chi connectivity index (χ0v) is 8.77. The van der Waals surface area contributed by atoms with E-state index in [1.807, 2.05) is 20.8 Å². The van der Waals surface area contributed by atoms with Crippen LogP contribution in [0.1, 0.15) is 32.0 Å². The van der Waals surface area contributed by atoms with Gasteiger partial charge in [0.2, 0.25) is 0 Å². The highest BCUT2D eigenvalue weighted by Crippen LogP contribution is 2.17. The van der Waals surface area contributed by atoms with Gasteiger partial charge in [0.1, 0.15) is 6.04 Å². The smallest absolute Gasteiger partial charge is 0.326 e. The summed E-state index contributed by atoms with van der Waals surface area (Å²) < 4.78 is 1.66. The molecular weight excluding hydrogens is 180 g/mol. The molecule has 0 saturated carbocycles. The van der Waals surface area contributed by atoms with Gasteiger partial charge in [0.05, 0.1) is 12.0 Å². The molecule has 1 aromatic heterocycles. The van der Waals surface area contributed by atoms with Crippen LogP contribution in [0.25, 0.3) is 0 Å². The molecule has 0 bridgehead atoms. The summed E-state index contributed by atoms with van der Waals surface area (Å²) in [5.74, 6) is -0.435. The third-order valence-electron chi connectivity index (χ3n) is 2.07. The maximum absolute atomic E-state index is 11.0. The number of aromatic nitrogens is 2. The lowest BCUT2D eigenvalue weighted by atomic mass is 10.0. The number of carboxylic acid groups (broad SMARTS) is 1. The minimum Gasteiger partial charge on any atom is -0.480 e. The van der Waals surface area contributed by atoms with Crippen molar-refractivity contribution in [1.82, 2.24) is 9.55 Å². The average Bonchev–Trinajstić information content (AvgIpc) is 2.46. The number of hydrogen-bond donors (Lipinski definition) is 1. The van der Waals surface area contributed by atoms with E-state index in [0.29, 0.717) is 12.3 Å². The number of hydrogen-bond acceptors (Lipinski definition) is 2. The summed E-state index contributed by atoms with van der Waals surface area (Å²) in [5.41, 5.74) is 0.847. The van der Waals surface area contributed by atoms with E-state index in [4.69, 9.17) is 5.11 Å². The van der Waals surface area contributed by atoms with Gasteiger partial charge in [-0.25, -0.2) is 9.78 Å². The third kappa shape index (κ3) is 2.58. The van der Waals surface area contributed by atoms with Gasteiger partial charge < -0.3 is 9.67 Å². The molecule has 1 heterocycles. The fraction of sp³-hybridized carbons (Fsp3) is 0.600. The standard InChI is InChI=1S/C10H16N2O2/c1-7(2)4-9(10(13)14)12-5-8(3)11-6-12/h5-7,9H,4H2,1-3H3,(H,13,14)/t9-/m1/s1. The maximum atomic E-state index is 11.0. The summed E-state index contributed by atoms with van der Waals surface area (Å²) in [4.78, 5) is 15.0. The normalized spacial score (nSPS) is 13.1. The number of aliphatic carboxylic acids is 1. The van der Waals surface area contributed by atoms with E-state index in [9.17, 15) is 4.79 Å². The number of rotatable bonds is 4. The van der Waals surface area contributed by atoms with Crippen molar-refractivity contribution in [3.8, 4) is 0 Å². The highest BCUT2D eigenvalue weighted by molar-refractivity contribution is 5.71. The van der Waals surface area contributed by atoms with E-state index >= 15 is 0 Å². The van der Waals surface area contributed by atoms with Crippen LogP contribution in [0.15, 0.2) is 12.5 Å². The van der Waals surface area contributed by atoms with Crippen molar-refractivity contribution < 1.29 is 9.90 Å². The minimum atomic E-state index is -0.795. The molecule has 14 heavy (non-hydrogen) atoms. The molecule has 4 heteroatoms. The molecule has 0 aliphatic rings. The molecule has 0 aliphatic heterocycles. The number of carbonyl (C=O) groups is 1. The van der Waals surface area contributed by atoms with Crippen LogP contribution in [0.2, 0.25) is 0 Å². The predicted molar refractivity (Wildman–Crippen MR) is 53.1 cm³/mol. The molecule has 0 fully saturated rings. The average molecular weight is 196 g/mol. The van der Waals surface area contributed by atoms with Crippen molar-refractivity contribution >= 4 is 5.97 Å². The molecule has 0 spiro atoms. The van der Waals surface area contributed by atoms with Crippen LogP contribution in [0.4, 0.5) is 0 Å². The van der Waals surface area contributed by atoms with E-state index < -0.39 is 12.0 Å².